The number of anilines is 1. The second kappa shape index (κ2) is 10.7. The van der Waals surface area contributed by atoms with Crippen molar-refractivity contribution < 1.29 is 4.79 Å². The molecule has 6 rings (SSSR count). The van der Waals surface area contributed by atoms with Crippen molar-refractivity contribution in [1.82, 2.24) is 19.6 Å². The Labute approximate surface area is 222 Å². The largest absolute Gasteiger partial charge is 0.366 e. The van der Waals surface area contributed by atoms with Crippen LogP contribution in [0.15, 0.2) is 91.3 Å². The Morgan fingerprint density at radius 2 is 1.76 bits per heavy atom. The molecule has 0 aliphatic carbocycles. The van der Waals surface area contributed by atoms with Gasteiger partial charge >= 0.3 is 0 Å². The van der Waals surface area contributed by atoms with Crippen LogP contribution in [0, 0.1) is 20.8 Å². The van der Waals surface area contributed by atoms with Gasteiger partial charge in [-0.15, -0.1) is 0 Å². The van der Waals surface area contributed by atoms with Crippen LogP contribution in [0.4, 0.5) is 5.82 Å². The van der Waals surface area contributed by atoms with E-state index in [1.54, 1.807) is 6.92 Å². The lowest BCUT2D eigenvalue weighted by Crippen LogP contribution is -2.07. The SMILES string of the molecule is CC(=O)c1ccc2[nH]ccc2c1.Cc1cccc(CNc2cc(-c3ccccc3C)nc3c(C)cnn23)c1. The van der Waals surface area contributed by atoms with E-state index in [0.29, 0.717) is 0 Å². The van der Waals surface area contributed by atoms with Crippen LogP contribution >= 0.6 is 0 Å². The summed E-state index contributed by atoms with van der Waals surface area (Å²) in [5, 5.41) is 9.12. The van der Waals surface area contributed by atoms with E-state index in [1.165, 1.54) is 16.7 Å². The van der Waals surface area contributed by atoms with Gasteiger partial charge < -0.3 is 10.3 Å². The van der Waals surface area contributed by atoms with Crippen molar-refractivity contribution in [2.45, 2.75) is 34.2 Å². The Morgan fingerprint density at radius 1 is 0.921 bits per heavy atom. The molecule has 0 aliphatic heterocycles. The molecule has 3 heterocycles. The molecule has 3 aromatic heterocycles. The lowest BCUT2D eigenvalue weighted by Gasteiger charge is -2.12. The van der Waals surface area contributed by atoms with E-state index < -0.39 is 0 Å². The topological polar surface area (TPSA) is 75.1 Å². The van der Waals surface area contributed by atoms with Crippen LogP contribution in [-0.4, -0.2) is 25.4 Å². The number of rotatable bonds is 5. The predicted molar refractivity (Wildman–Crippen MR) is 155 cm³/mol. The summed E-state index contributed by atoms with van der Waals surface area (Å²) in [5.41, 5.74) is 9.63. The van der Waals surface area contributed by atoms with Gasteiger partial charge in [0.15, 0.2) is 11.4 Å². The zero-order valence-electron chi connectivity index (χ0n) is 22.1. The first-order valence-corrected chi connectivity index (χ1v) is 12.7. The van der Waals surface area contributed by atoms with Crippen LogP contribution < -0.4 is 5.32 Å². The first kappa shape index (κ1) is 25.0. The number of benzene rings is 3. The summed E-state index contributed by atoms with van der Waals surface area (Å²) >= 11 is 0. The van der Waals surface area contributed by atoms with Crippen molar-refractivity contribution in [3.8, 4) is 11.3 Å². The van der Waals surface area contributed by atoms with Gasteiger partial charge in [0, 0.05) is 46.4 Å². The minimum atomic E-state index is 0.109. The van der Waals surface area contributed by atoms with Crippen LogP contribution in [0.5, 0.6) is 0 Å². The van der Waals surface area contributed by atoms with E-state index in [1.807, 2.05) is 48.1 Å². The molecular formula is C32H31N5O. The molecule has 0 fully saturated rings. The number of hydrogen-bond acceptors (Lipinski definition) is 4. The van der Waals surface area contributed by atoms with Crippen LogP contribution in [0.2, 0.25) is 0 Å². The summed E-state index contributed by atoms with van der Waals surface area (Å²) in [6.45, 7) is 8.59. The standard InChI is InChI=1S/C22H22N4.C10H9NO/c1-15-7-6-9-18(11-15)14-23-21-12-20(19-10-5-4-8-16(19)2)25-22-17(3)13-24-26(21)22;1-7(12)8-2-3-10-9(6-8)4-5-11-10/h4-13,23H,14H2,1-3H3;2-6,11H,1H3. The lowest BCUT2D eigenvalue weighted by atomic mass is 10.1. The maximum absolute atomic E-state index is 11.0. The summed E-state index contributed by atoms with van der Waals surface area (Å²) in [6.07, 6.45) is 3.73. The van der Waals surface area contributed by atoms with Crippen molar-refractivity contribution in [3.05, 3.63) is 119 Å². The predicted octanol–water partition coefficient (Wildman–Crippen LogP) is 7.30. The second-order valence-corrected chi connectivity index (χ2v) is 9.58. The molecule has 0 spiro atoms. The number of fused-ring (bicyclic) bond motifs is 2. The third-order valence-corrected chi connectivity index (χ3v) is 6.59. The number of Topliss-reactive ketones (excluding diaryl/α,β-unsaturated/α-hetero) is 1. The Balaban J connectivity index is 0.000000204. The molecule has 0 saturated carbocycles. The highest BCUT2D eigenvalue weighted by Gasteiger charge is 2.12. The smallest absolute Gasteiger partial charge is 0.160 e. The molecular weight excluding hydrogens is 470 g/mol. The van der Waals surface area contributed by atoms with E-state index in [4.69, 9.17) is 4.98 Å². The molecule has 6 aromatic rings. The van der Waals surface area contributed by atoms with Gasteiger partial charge in [-0.25, -0.2) is 4.98 Å². The highest BCUT2D eigenvalue weighted by atomic mass is 16.1. The highest BCUT2D eigenvalue weighted by Crippen LogP contribution is 2.26. The monoisotopic (exact) mass is 501 g/mol. The van der Waals surface area contributed by atoms with Crippen molar-refractivity contribution in [1.29, 1.82) is 0 Å². The first-order chi connectivity index (χ1) is 18.4. The van der Waals surface area contributed by atoms with Gasteiger partial charge in [-0.05, 0) is 63.1 Å². The van der Waals surface area contributed by atoms with Crippen molar-refractivity contribution >= 4 is 28.2 Å². The quantitative estimate of drug-likeness (QED) is 0.243. The molecule has 6 heteroatoms. The van der Waals surface area contributed by atoms with E-state index in [-0.39, 0.29) is 5.78 Å². The first-order valence-electron chi connectivity index (χ1n) is 12.7. The molecule has 0 unspecified atom stereocenters. The number of aromatic amines is 1. The van der Waals surface area contributed by atoms with E-state index in [9.17, 15) is 4.79 Å². The third kappa shape index (κ3) is 5.34. The molecule has 0 radical (unpaired) electrons. The molecule has 0 amide bonds. The molecule has 2 N–H and O–H groups in total. The Bertz CT molecular complexity index is 1740. The molecule has 0 bridgehead atoms. The lowest BCUT2D eigenvalue weighted by molar-refractivity contribution is 0.101. The molecule has 0 saturated heterocycles. The van der Waals surface area contributed by atoms with Crippen molar-refractivity contribution in [2.24, 2.45) is 0 Å². The third-order valence-electron chi connectivity index (χ3n) is 6.59. The van der Waals surface area contributed by atoms with Crippen LogP contribution in [0.1, 0.15) is 39.5 Å². The number of carbonyl (C=O) groups is 1. The van der Waals surface area contributed by atoms with Gasteiger partial charge in [0.1, 0.15) is 5.82 Å². The van der Waals surface area contributed by atoms with Gasteiger partial charge in [0.25, 0.3) is 0 Å². The molecule has 0 atom stereocenters. The number of H-pyrrole nitrogens is 1. The van der Waals surface area contributed by atoms with Crippen LogP contribution in [0.25, 0.3) is 27.8 Å². The maximum Gasteiger partial charge on any atom is 0.160 e. The van der Waals surface area contributed by atoms with Crippen LogP contribution in [-0.2, 0) is 6.54 Å². The van der Waals surface area contributed by atoms with Crippen molar-refractivity contribution in [3.63, 3.8) is 0 Å². The number of hydrogen-bond donors (Lipinski definition) is 2. The Morgan fingerprint density at radius 3 is 2.55 bits per heavy atom. The summed E-state index contributed by atoms with van der Waals surface area (Å²) in [6, 6.07) is 26.6. The zero-order chi connectivity index (χ0) is 26.6. The Hall–Kier alpha value is -4.71. The highest BCUT2D eigenvalue weighted by molar-refractivity contribution is 5.97. The molecule has 3 aromatic carbocycles. The summed E-state index contributed by atoms with van der Waals surface area (Å²) in [4.78, 5) is 18.9. The summed E-state index contributed by atoms with van der Waals surface area (Å²) < 4.78 is 1.88. The van der Waals surface area contributed by atoms with Gasteiger partial charge in [-0.2, -0.15) is 9.61 Å². The minimum absolute atomic E-state index is 0.109. The average Bonchev–Trinajstić information content (AvgIpc) is 3.54. The second-order valence-electron chi connectivity index (χ2n) is 9.58. The normalized spacial score (nSPS) is 10.8. The minimum Gasteiger partial charge on any atom is -0.366 e. The number of carbonyl (C=O) groups excluding carboxylic acids is 1. The number of nitrogens with zero attached hydrogens (tertiary/aromatic N) is 3. The number of nitrogens with one attached hydrogen (secondary N) is 2. The van der Waals surface area contributed by atoms with E-state index in [0.717, 1.165) is 51.3 Å². The zero-order valence-corrected chi connectivity index (χ0v) is 22.1. The molecule has 0 aliphatic rings. The average molecular weight is 502 g/mol. The number of aryl methyl sites for hydroxylation is 3. The number of ketones is 1. The van der Waals surface area contributed by atoms with E-state index >= 15 is 0 Å². The van der Waals surface area contributed by atoms with E-state index in [2.05, 4.69) is 83.8 Å². The van der Waals surface area contributed by atoms with Gasteiger partial charge in [-0.3, -0.25) is 4.79 Å². The maximum atomic E-state index is 11.0. The van der Waals surface area contributed by atoms with Crippen LogP contribution in [0.3, 0.4) is 0 Å². The molecule has 190 valence electrons. The van der Waals surface area contributed by atoms with Gasteiger partial charge in [0.05, 0.1) is 11.9 Å². The number of aromatic nitrogens is 4. The molecule has 6 nitrogen and oxygen atoms in total. The van der Waals surface area contributed by atoms with Gasteiger partial charge in [-0.1, -0.05) is 54.1 Å². The summed E-state index contributed by atoms with van der Waals surface area (Å²) in [5.74, 6) is 1.06. The van der Waals surface area contributed by atoms with Gasteiger partial charge in [0.2, 0.25) is 0 Å². The fourth-order valence-electron chi connectivity index (χ4n) is 4.48. The fourth-order valence-corrected chi connectivity index (χ4v) is 4.48. The summed E-state index contributed by atoms with van der Waals surface area (Å²) in [7, 11) is 0. The molecule has 38 heavy (non-hydrogen) atoms. The fraction of sp³-hybridized carbons (Fsp3) is 0.156. The Kier molecular flexibility index (Phi) is 7.05. The van der Waals surface area contributed by atoms with Crippen molar-refractivity contribution in [2.75, 3.05) is 5.32 Å².